The van der Waals surface area contributed by atoms with Crippen LogP contribution in [0.2, 0.25) is 0 Å². The summed E-state index contributed by atoms with van der Waals surface area (Å²) < 4.78 is 5.93. The molecule has 0 aliphatic rings. The van der Waals surface area contributed by atoms with E-state index in [1.807, 2.05) is 19.1 Å². The van der Waals surface area contributed by atoms with E-state index in [0.29, 0.717) is 6.54 Å². The van der Waals surface area contributed by atoms with Crippen molar-refractivity contribution in [3.8, 4) is 5.75 Å². The number of rotatable bonds is 6. The highest BCUT2D eigenvalue weighted by molar-refractivity contribution is 5.84. The molecule has 1 unspecified atom stereocenters. The van der Waals surface area contributed by atoms with Crippen LogP contribution in [-0.2, 0) is 10.2 Å². The van der Waals surface area contributed by atoms with Crippen molar-refractivity contribution in [3.05, 3.63) is 29.3 Å². The van der Waals surface area contributed by atoms with E-state index in [2.05, 4.69) is 39.1 Å². The largest absolute Gasteiger partial charge is 0.491 e. The Kier molecular flexibility index (Phi) is 5.40. The molecule has 4 nitrogen and oxygen atoms in total. The van der Waals surface area contributed by atoms with E-state index in [0.717, 1.165) is 11.3 Å². The fourth-order valence-corrected chi connectivity index (χ4v) is 2.18. The van der Waals surface area contributed by atoms with Crippen LogP contribution in [0.5, 0.6) is 5.75 Å². The first-order valence-corrected chi connectivity index (χ1v) is 7.39. The fraction of sp³-hybridized carbons (Fsp3) is 0.588. The van der Waals surface area contributed by atoms with Crippen molar-refractivity contribution in [1.29, 1.82) is 0 Å². The van der Waals surface area contributed by atoms with Crippen molar-refractivity contribution in [2.75, 3.05) is 13.2 Å². The van der Waals surface area contributed by atoms with E-state index >= 15 is 0 Å². The topological polar surface area (TPSA) is 64.3 Å². The van der Waals surface area contributed by atoms with Crippen LogP contribution in [0.3, 0.4) is 0 Å². The van der Waals surface area contributed by atoms with Crippen LogP contribution >= 0.6 is 0 Å². The van der Waals surface area contributed by atoms with Gasteiger partial charge in [-0.15, -0.1) is 0 Å². The number of carbonyl (C=O) groups excluding carboxylic acids is 1. The van der Waals surface area contributed by atoms with Crippen LogP contribution in [0, 0.1) is 6.92 Å². The number of ether oxygens (including phenoxy) is 1. The SMILES string of the molecule is CCNC(C)(COc1ccc(C)cc1C(C)(C)C)C(N)=O. The maximum Gasteiger partial charge on any atom is 0.240 e. The lowest BCUT2D eigenvalue weighted by molar-refractivity contribution is -0.124. The number of nitrogens with two attached hydrogens (primary N) is 1. The van der Waals surface area contributed by atoms with Crippen molar-refractivity contribution < 1.29 is 9.53 Å². The molecule has 0 spiro atoms. The van der Waals surface area contributed by atoms with Gasteiger partial charge in [0.15, 0.2) is 0 Å². The van der Waals surface area contributed by atoms with Gasteiger partial charge in [0.25, 0.3) is 0 Å². The number of hydrogen-bond donors (Lipinski definition) is 2. The van der Waals surface area contributed by atoms with Gasteiger partial charge in [0.2, 0.25) is 5.91 Å². The molecular weight excluding hydrogens is 264 g/mol. The Morgan fingerprint density at radius 2 is 1.90 bits per heavy atom. The molecule has 3 N–H and O–H groups in total. The number of hydrogen-bond acceptors (Lipinski definition) is 3. The molecule has 4 heteroatoms. The molecule has 0 radical (unpaired) electrons. The van der Waals surface area contributed by atoms with Crippen molar-refractivity contribution in [2.45, 2.75) is 52.5 Å². The summed E-state index contributed by atoms with van der Waals surface area (Å²) in [7, 11) is 0. The van der Waals surface area contributed by atoms with Crippen LogP contribution in [0.1, 0.15) is 45.7 Å². The molecule has 21 heavy (non-hydrogen) atoms. The van der Waals surface area contributed by atoms with Gasteiger partial charge in [0.05, 0.1) is 0 Å². The molecule has 0 bridgehead atoms. The Bertz CT molecular complexity index is 506. The maximum absolute atomic E-state index is 11.6. The Labute approximate surface area is 128 Å². The van der Waals surface area contributed by atoms with Gasteiger partial charge < -0.3 is 15.8 Å². The number of primary amides is 1. The smallest absolute Gasteiger partial charge is 0.240 e. The number of likely N-dealkylation sites (N-methyl/N-ethyl adjacent to an activating group) is 1. The van der Waals surface area contributed by atoms with Crippen molar-refractivity contribution in [2.24, 2.45) is 5.73 Å². The summed E-state index contributed by atoms with van der Waals surface area (Å²) in [4.78, 5) is 11.6. The number of carbonyl (C=O) groups is 1. The van der Waals surface area contributed by atoms with Crippen molar-refractivity contribution >= 4 is 5.91 Å². The average molecular weight is 292 g/mol. The third kappa shape index (κ3) is 4.46. The van der Waals surface area contributed by atoms with Gasteiger partial charge in [-0.2, -0.15) is 0 Å². The van der Waals surface area contributed by atoms with Gasteiger partial charge in [-0.1, -0.05) is 45.4 Å². The highest BCUT2D eigenvalue weighted by atomic mass is 16.5. The molecule has 1 aromatic rings. The number of aryl methyl sites for hydroxylation is 1. The Hall–Kier alpha value is -1.55. The van der Waals surface area contributed by atoms with E-state index in [4.69, 9.17) is 10.5 Å². The molecule has 0 aliphatic heterocycles. The number of benzene rings is 1. The molecule has 0 fully saturated rings. The minimum absolute atomic E-state index is 0.0251. The van der Waals surface area contributed by atoms with Crippen LogP contribution in [0.15, 0.2) is 18.2 Å². The van der Waals surface area contributed by atoms with Gasteiger partial charge in [-0.3, -0.25) is 4.79 Å². The van der Waals surface area contributed by atoms with Gasteiger partial charge in [0, 0.05) is 0 Å². The molecule has 0 saturated heterocycles. The first-order valence-electron chi connectivity index (χ1n) is 7.39. The minimum atomic E-state index is -0.866. The van der Waals surface area contributed by atoms with E-state index in [-0.39, 0.29) is 12.0 Å². The molecule has 0 aliphatic carbocycles. The van der Waals surface area contributed by atoms with Crippen LogP contribution in [0.4, 0.5) is 0 Å². The summed E-state index contributed by atoms with van der Waals surface area (Å²) in [5.74, 6) is 0.396. The summed E-state index contributed by atoms with van der Waals surface area (Å²) in [5, 5.41) is 3.10. The molecule has 1 atom stereocenters. The summed E-state index contributed by atoms with van der Waals surface area (Å²) in [6.45, 7) is 13.1. The van der Waals surface area contributed by atoms with E-state index < -0.39 is 11.4 Å². The molecule has 1 rings (SSSR count). The maximum atomic E-state index is 11.6. The zero-order valence-corrected chi connectivity index (χ0v) is 14.0. The third-order valence-corrected chi connectivity index (χ3v) is 3.57. The van der Waals surface area contributed by atoms with E-state index in [1.54, 1.807) is 6.92 Å². The molecule has 0 saturated carbocycles. The summed E-state index contributed by atoms with van der Waals surface area (Å²) in [5.41, 5.74) is 6.92. The Morgan fingerprint density at radius 3 is 2.38 bits per heavy atom. The zero-order valence-electron chi connectivity index (χ0n) is 14.0. The number of amides is 1. The van der Waals surface area contributed by atoms with E-state index in [1.165, 1.54) is 5.56 Å². The van der Waals surface area contributed by atoms with Crippen molar-refractivity contribution in [1.82, 2.24) is 5.32 Å². The molecule has 1 amide bonds. The van der Waals surface area contributed by atoms with Crippen LogP contribution in [0.25, 0.3) is 0 Å². The van der Waals surface area contributed by atoms with E-state index in [9.17, 15) is 4.79 Å². The number of nitrogens with one attached hydrogen (secondary N) is 1. The standard InChI is InChI=1S/C17H28N2O2/c1-7-19-17(6,15(18)20)11-21-14-9-8-12(2)10-13(14)16(3,4)5/h8-10,19H,7,11H2,1-6H3,(H2,18,20). The van der Waals surface area contributed by atoms with Crippen LogP contribution < -0.4 is 15.8 Å². The lowest BCUT2D eigenvalue weighted by atomic mass is 9.85. The average Bonchev–Trinajstić information content (AvgIpc) is 2.36. The van der Waals surface area contributed by atoms with Crippen molar-refractivity contribution in [3.63, 3.8) is 0 Å². The fourth-order valence-electron chi connectivity index (χ4n) is 2.18. The normalized spacial score (nSPS) is 14.6. The summed E-state index contributed by atoms with van der Waals surface area (Å²) >= 11 is 0. The predicted molar refractivity (Wildman–Crippen MR) is 86.7 cm³/mol. The third-order valence-electron chi connectivity index (χ3n) is 3.57. The highest BCUT2D eigenvalue weighted by Gasteiger charge is 2.31. The lowest BCUT2D eigenvalue weighted by Gasteiger charge is -2.29. The first kappa shape index (κ1) is 17.5. The summed E-state index contributed by atoms with van der Waals surface area (Å²) in [6, 6.07) is 6.10. The first-order chi connectivity index (χ1) is 9.60. The molecule has 0 heterocycles. The monoisotopic (exact) mass is 292 g/mol. The van der Waals surface area contributed by atoms with Gasteiger partial charge in [-0.25, -0.2) is 0 Å². The molecule has 1 aromatic carbocycles. The molecular formula is C17H28N2O2. The predicted octanol–water partition coefficient (Wildman–Crippen LogP) is 2.52. The second kappa shape index (κ2) is 6.48. The minimum Gasteiger partial charge on any atom is -0.491 e. The Balaban J connectivity index is 3.01. The highest BCUT2D eigenvalue weighted by Crippen LogP contribution is 2.32. The zero-order chi connectivity index (χ0) is 16.3. The second-order valence-corrected chi connectivity index (χ2v) is 6.76. The van der Waals surface area contributed by atoms with Gasteiger partial charge in [-0.05, 0) is 37.4 Å². The molecule has 0 aromatic heterocycles. The quantitative estimate of drug-likeness (QED) is 0.847. The molecule has 118 valence electrons. The lowest BCUT2D eigenvalue weighted by Crippen LogP contribution is -2.57. The summed E-state index contributed by atoms with van der Waals surface area (Å²) in [6.07, 6.45) is 0. The van der Waals surface area contributed by atoms with Crippen LogP contribution in [-0.4, -0.2) is 24.6 Å². The van der Waals surface area contributed by atoms with Gasteiger partial charge in [0.1, 0.15) is 17.9 Å². The Morgan fingerprint density at radius 1 is 1.29 bits per heavy atom. The second-order valence-electron chi connectivity index (χ2n) is 6.76. The van der Waals surface area contributed by atoms with Gasteiger partial charge >= 0.3 is 0 Å².